The molecule has 0 saturated carbocycles. The van der Waals surface area contributed by atoms with Crippen molar-refractivity contribution >= 4 is 23.4 Å². The van der Waals surface area contributed by atoms with E-state index in [1.54, 1.807) is 20.6 Å². The number of amides is 2. The number of aromatic nitrogens is 3. The van der Waals surface area contributed by atoms with Gasteiger partial charge in [0, 0.05) is 49.5 Å². The molecule has 2 fully saturated rings. The number of hydrogen-bond acceptors (Lipinski definition) is 7. The lowest BCUT2D eigenvalue weighted by atomic mass is 9.82. The number of aryl methyl sites for hydroxylation is 1. The Balaban J connectivity index is 1.42. The molecule has 0 bridgehead atoms. The van der Waals surface area contributed by atoms with Crippen LogP contribution < -0.4 is 9.80 Å². The molecule has 2 amide bonds. The molecular formula is C24H29N5O5. The normalized spacial score (nSPS) is 25.9. The molecular weight excluding hydrogens is 438 g/mol. The van der Waals surface area contributed by atoms with Crippen LogP contribution in [-0.4, -0.2) is 64.5 Å². The van der Waals surface area contributed by atoms with Gasteiger partial charge in [-0.25, -0.2) is 4.79 Å². The molecule has 0 radical (unpaired) electrons. The Labute approximate surface area is 197 Å². The molecule has 1 aromatic carbocycles. The monoisotopic (exact) mass is 467 g/mol. The van der Waals surface area contributed by atoms with E-state index in [4.69, 9.17) is 14.6 Å². The summed E-state index contributed by atoms with van der Waals surface area (Å²) in [6, 6.07) is 5.63. The first-order valence-corrected chi connectivity index (χ1v) is 11.7. The summed E-state index contributed by atoms with van der Waals surface area (Å²) in [5.41, 5.74) is 1.92. The Morgan fingerprint density at radius 3 is 2.94 bits per heavy atom. The van der Waals surface area contributed by atoms with Crippen LogP contribution in [0.1, 0.15) is 31.0 Å². The Kier molecular flexibility index (Phi) is 5.86. The number of ether oxygens (including phenoxy) is 2. The zero-order valence-corrected chi connectivity index (χ0v) is 19.2. The van der Waals surface area contributed by atoms with Crippen LogP contribution in [-0.2, 0) is 32.8 Å². The van der Waals surface area contributed by atoms with Crippen molar-refractivity contribution in [1.82, 2.24) is 15.0 Å². The molecule has 10 nitrogen and oxygen atoms in total. The Hall–Kier alpha value is -3.24. The van der Waals surface area contributed by atoms with Crippen LogP contribution in [0.4, 0.5) is 16.2 Å². The van der Waals surface area contributed by atoms with E-state index in [1.807, 2.05) is 31.3 Å². The minimum Gasteiger partial charge on any atom is -0.447 e. The predicted octanol–water partition coefficient (Wildman–Crippen LogP) is 2.01. The lowest BCUT2D eigenvalue weighted by molar-refractivity contribution is -0.145. The maximum Gasteiger partial charge on any atom is 0.414 e. The predicted molar refractivity (Wildman–Crippen MR) is 123 cm³/mol. The van der Waals surface area contributed by atoms with Gasteiger partial charge in [-0.05, 0) is 31.0 Å². The highest BCUT2D eigenvalue weighted by Gasteiger charge is 2.60. The van der Waals surface area contributed by atoms with Gasteiger partial charge in [0.1, 0.15) is 6.61 Å². The zero-order chi connectivity index (χ0) is 23.9. The van der Waals surface area contributed by atoms with E-state index in [9.17, 15) is 9.59 Å². The number of benzene rings is 1. The second kappa shape index (κ2) is 8.84. The average Bonchev–Trinajstić information content (AvgIpc) is 3.58. The molecule has 4 heterocycles. The SMILES string of the molecule is C=CCN1C(=O)[C@]2(O[C@H](CCn3cc(CCO)nn3)C[C@@H]2C)c2cc(N3CCOC3=O)ccc21. The van der Waals surface area contributed by atoms with Crippen molar-refractivity contribution in [2.75, 3.05) is 36.1 Å². The molecule has 2 aromatic rings. The van der Waals surface area contributed by atoms with Gasteiger partial charge in [0.25, 0.3) is 5.91 Å². The molecule has 180 valence electrons. The van der Waals surface area contributed by atoms with Crippen LogP contribution in [0.15, 0.2) is 37.1 Å². The van der Waals surface area contributed by atoms with Crippen LogP contribution >= 0.6 is 0 Å². The fraction of sp³-hybridized carbons (Fsp3) is 0.500. The molecule has 3 aliphatic rings. The van der Waals surface area contributed by atoms with E-state index in [0.29, 0.717) is 44.8 Å². The second-order valence-corrected chi connectivity index (χ2v) is 9.02. The summed E-state index contributed by atoms with van der Waals surface area (Å²) in [6.07, 6.45) is 4.88. The lowest BCUT2D eigenvalue weighted by Crippen LogP contribution is -2.44. The van der Waals surface area contributed by atoms with Crippen LogP contribution in [0.5, 0.6) is 0 Å². The molecule has 34 heavy (non-hydrogen) atoms. The Bertz CT molecular complexity index is 1120. The fourth-order valence-electron chi connectivity index (χ4n) is 5.30. The van der Waals surface area contributed by atoms with Gasteiger partial charge in [0.15, 0.2) is 5.60 Å². The molecule has 3 atom stereocenters. The van der Waals surface area contributed by atoms with Crippen molar-refractivity contribution in [3.63, 3.8) is 0 Å². The number of rotatable bonds is 8. The van der Waals surface area contributed by atoms with Gasteiger partial charge < -0.3 is 19.5 Å². The minimum absolute atomic E-state index is 0.0321. The van der Waals surface area contributed by atoms with Gasteiger partial charge in [0.05, 0.1) is 24.0 Å². The number of carbonyl (C=O) groups excluding carboxylic acids is 2. The van der Waals surface area contributed by atoms with Gasteiger partial charge in [0.2, 0.25) is 0 Å². The first-order chi connectivity index (χ1) is 16.5. The summed E-state index contributed by atoms with van der Waals surface area (Å²) in [4.78, 5) is 29.2. The van der Waals surface area contributed by atoms with Crippen molar-refractivity contribution in [1.29, 1.82) is 0 Å². The number of fused-ring (bicyclic) bond motifs is 2. The van der Waals surface area contributed by atoms with Gasteiger partial charge in [-0.3, -0.25) is 14.4 Å². The summed E-state index contributed by atoms with van der Waals surface area (Å²) < 4.78 is 13.4. The van der Waals surface area contributed by atoms with Gasteiger partial charge in [-0.15, -0.1) is 11.7 Å². The third kappa shape index (κ3) is 3.57. The van der Waals surface area contributed by atoms with E-state index in [2.05, 4.69) is 16.9 Å². The first kappa shape index (κ1) is 22.5. The number of aliphatic hydroxyl groups is 1. The van der Waals surface area contributed by atoms with Crippen molar-refractivity contribution in [3.05, 3.63) is 48.3 Å². The molecule has 3 aliphatic heterocycles. The van der Waals surface area contributed by atoms with E-state index in [1.165, 1.54) is 0 Å². The smallest absolute Gasteiger partial charge is 0.414 e. The van der Waals surface area contributed by atoms with E-state index >= 15 is 0 Å². The molecule has 5 rings (SSSR count). The highest BCUT2D eigenvalue weighted by Crippen LogP contribution is 2.54. The number of anilines is 2. The molecule has 2 saturated heterocycles. The fourth-order valence-corrected chi connectivity index (χ4v) is 5.30. The van der Waals surface area contributed by atoms with Crippen LogP contribution in [0.2, 0.25) is 0 Å². The summed E-state index contributed by atoms with van der Waals surface area (Å²) in [6.45, 7) is 7.70. The zero-order valence-electron chi connectivity index (χ0n) is 19.2. The molecule has 0 unspecified atom stereocenters. The van der Waals surface area contributed by atoms with E-state index < -0.39 is 5.60 Å². The Morgan fingerprint density at radius 2 is 2.21 bits per heavy atom. The number of carbonyl (C=O) groups is 2. The molecule has 1 N–H and O–H groups in total. The maximum atomic E-state index is 13.8. The van der Waals surface area contributed by atoms with Crippen molar-refractivity contribution in [3.8, 4) is 0 Å². The largest absolute Gasteiger partial charge is 0.447 e. The third-order valence-corrected chi connectivity index (χ3v) is 6.92. The van der Waals surface area contributed by atoms with Gasteiger partial charge >= 0.3 is 6.09 Å². The van der Waals surface area contributed by atoms with Crippen molar-refractivity contribution < 1.29 is 24.2 Å². The summed E-state index contributed by atoms with van der Waals surface area (Å²) in [7, 11) is 0. The number of aliphatic hydroxyl groups excluding tert-OH is 1. The molecule has 1 spiro atoms. The second-order valence-electron chi connectivity index (χ2n) is 9.02. The van der Waals surface area contributed by atoms with Crippen molar-refractivity contribution in [2.45, 2.75) is 44.4 Å². The van der Waals surface area contributed by atoms with E-state index in [0.717, 1.165) is 23.4 Å². The summed E-state index contributed by atoms with van der Waals surface area (Å²) >= 11 is 0. The quantitative estimate of drug-likeness (QED) is 0.592. The molecule has 10 heteroatoms. The van der Waals surface area contributed by atoms with E-state index in [-0.39, 0.29) is 30.6 Å². The average molecular weight is 468 g/mol. The third-order valence-electron chi connectivity index (χ3n) is 6.92. The number of cyclic esters (lactones) is 1. The minimum atomic E-state index is -1.10. The highest BCUT2D eigenvalue weighted by molar-refractivity contribution is 6.08. The van der Waals surface area contributed by atoms with Gasteiger partial charge in [-0.1, -0.05) is 18.2 Å². The van der Waals surface area contributed by atoms with Crippen LogP contribution in [0.25, 0.3) is 0 Å². The van der Waals surface area contributed by atoms with Crippen LogP contribution in [0, 0.1) is 5.92 Å². The number of hydrogen-bond donors (Lipinski definition) is 1. The summed E-state index contributed by atoms with van der Waals surface area (Å²) in [5, 5.41) is 17.3. The van der Waals surface area contributed by atoms with Crippen molar-refractivity contribution in [2.24, 2.45) is 5.92 Å². The van der Waals surface area contributed by atoms with Gasteiger partial charge in [-0.2, -0.15) is 0 Å². The highest BCUT2D eigenvalue weighted by atomic mass is 16.6. The lowest BCUT2D eigenvalue weighted by Gasteiger charge is -2.28. The van der Waals surface area contributed by atoms with Crippen LogP contribution in [0.3, 0.4) is 0 Å². The number of nitrogens with zero attached hydrogens (tertiary/aromatic N) is 5. The molecule has 1 aromatic heterocycles. The Morgan fingerprint density at radius 1 is 1.35 bits per heavy atom. The maximum absolute atomic E-state index is 13.8. The first-order valence-electron chi connectivity index (χ1n) is 11.7. The summed E-state index contributed by atoms with van der Waals surface area (Å²) in [5.74, 6) is -0.149. The topological polar surface area (TPSA) is 110 Å². The molecule has 0 aliphatic carbocycles. The standard InChI is InChI=1S/C24H29N5O5/c1-3-8-29-21-5-4-18(28-10-12-33-23(28)32)14-20(21)24(22(29)31)16(2)13-19(34-24)6-9-27-15-17(7-11-30)25-26-27/h3-5,14-16,19,30H,1,6-13H2,2H3/t16-,19+,24+/m0/s1.